The lowest BCUT2D eigenvalue weighted by Crippen LogP contribution is -2.63. The summed E-state index contributed by atoms with van der Waals surface area (Å²) in [5, 5.41) is 9.41. The van der Waals surface area contributed by atoms with Crippen LogP contribution < -0.4 is 10.4 Å². The third-order valence-electron chi connectivity index (χ3n) is 8.48. The summed E-state index contributed by atoms with van der Waals surface area (Å²) < 4.78 is 32.4. The number of methoxy groups -OCH3 is 1. The lowest BCUT2D eigenvalue weighted by molar-refractivity contribution is -0.133. The summed E-state index contributed by atoms with van der Waals surface area (Å²) in [5.41, 5.74) is 4.11. The molecule has 2 heterocycles. The van der Waals surface area contributed by atoms with Gasteiger partial charge in [-0.25, -0.2) is 13.9 Å². The maximum atomic E-state index is 13.7. The number of carbonyl (C=O) groups is 1. The number of amides is 1. The number of piperidine rings is 1. The Labute approximate surface area is 215 Å². The SMILES string of the molecule is COCCN1CCC(C(=O)NO)(S(=O)(=O)N2CCN(c3ccc(CCC4CCCC4)cc3)CC2)CC1. The minimum atomic E-state index is -3.95. The Balaban J connectivity index is 1.35. The van der Waals surface area contributed by atoms with Gasteiger partial charge < -0.3 is 14.5 Å². The maximum Gasteiger partial charge on any atom is 0.266 e. The first-order valence-corrected chi connectivity index (χ1v) is 14.8. The molecule has 1 amide bonds. The summed E-state index contributed by atoms with van der Waals surface area (Å²) in [6, 6.07) is 8.69. The Bertz CT molecular complexity index is 949. The van der Waals surface area contributed by atoms with E-state index in [2.05, 4.69) is 34.1 Å². The molecular weight excluding hydrogens is 480 g/mol. The van der Waals surface area contributed by atoms with Crippen molar-refractivity contribution in [1.29, 1.82) is 0 Å². The molecule has 1 aromatic carbocycles. The van der Waals surface area contributed by atoms with Crippen LogP contribution in [0.3, 0.4) is 0 Å². The highest BCUT2D eigenvalue weighted by Crippen LogP contribution is 2.35. The number of nitrogens with one attached hydrogen (secondary N) is 1. The molecule has 10 heteroatoms. The molecule has 0 aromatic heterocycles. The molecule has 0 atom stereocenters. The van der Waals surface area contributed by atoms with Crippen LogP contribution in [-0.4, -0.2) is 93.0 Å². The van der Waals surface area contributed by atoms with Gasteiger partial charge in [0, 0.05) is 58.6 Å². The van der Waals surface area contributed by atoms with Crippen molar-refractivity contribution in [2.24, 2.45) is 5.92 Å². The Kier molecular flexibility index (Phi) is 9.27. The van der Waals surface area contributed by atoms with Crippen LogP contribution in [0.2, 0.25) is 0 Å². The second-order valence-corrected chi connectivity index (χ2v) is 12.8. The summed E-state index contributed by atoms with van der Waals surface area (Å²) in [7, 11) is -2.33. The van der Waals surface area contributed by atoms with Gasteiger partial charge in [0.05, 0.1) is 6.61 Å². The normalized spacial score (nSPS) is 22.1. The fourth-order valence-electron chi connectivity index (χ4n) is 6.04. The Morgan fingerprint density at radius 3 is 2.28 bits per heavy atom. The van der Waals surface area contributed by atoms with Crippen molar-refractivity contribution in [3.05, 3.63) is 29.8 Å². The summed E-state index contributed by atoms with van der Waals surface area (Å²) in [6.07, 6.45) is 8.19. The lowest BCUT2D eigenvalue weighted by atomic mass is 9.95. The van der Waals surface area contributed by atoms with E-state index >= 15 is 0 Å². The predicted molar refractivity (Wildman–Crippen MR) is 140 cm³/mol. The summed E-state index contributed by atoms with van der Waals surface area (Å²) in [4.78, 5) is 17.0. The molecule has 1 aromatic rings. The Morgan fingerprint density at radius 2 is 1.69 bits per heavy atom. The zero-order valence-corrected chi connectivity index (χ0v) is 22.3. The number of carbonyl (C=O) groups excluding carboxylic acids is 1. The largest absolute Gasteiger partial charge is 0.383 e. The molecule has 0 bridgehead atoms. The number of anilines is 1. The van der Waals surface area contributed by atoms with Gasteiger partial charge in [-0.15, -0.1) is 0 Å². The third-order valence-corrected chi connectivity index (χ3v) is 11.1. The van der Waals surface area contributed by atoms with Crippen LogP contribution in [0.4, 0.5) is 5.69 Å². The van der Waals surface area contributed by atoms with E-state index in [0.29, 0.717) is 52.4 Å². The molecule has 3 aliphatic rings. The van der Waals surface area contributed by atoms with Gasteiger partial charge in [0.15, 0.2) is 4.75 Å². The van der Waals surface area contributed by atoms with E-state index in [1.165, 1.54) is 42.0 Å². The molecular formula is C26H42N4O5S. The minimum absolute atomic E-state index is 0.147. The number of piperazine rings is 1. The molecule has 9 nitrogen and oxygen atoms in total. The van der Waals surface area contributed by atoms with Gasteiger partial charge in [0.1, 0.15) is 0 Å². The highest BCUT2D eigenvalue weighted by atomic mass is 32.2. The molecule has 4 rings (SSSR count). The molecule has 3 fully saturated rings. The number of aryl methyl sites for hydroxylation is 1. The average molecular weight is 523 g/mol. The Hall–Kier alpha value is -1.72. The highest BCUT2D eigenvalue weighted by Gasteiger charge is 2.55. The van der Waals surface area contributed by atoms with Crippen LogP contribution in [0.15, 0.2) is 24.3 Å². The van der Waals surface area contributed by atoms with Crippen molar-refractivity contribution in [2.45, 2.75) is 56.1 Å². The second kappa shape index (κ2) is 12.2. The molecule has 0 spiro atoms. The van der Waals surface area contributed by atoms with Crippen molar-refractivity contribution in [3.63, 3.8) is 0 Å². The topological polar surface area (TPSA) is 102 Å². The zero-order chi connectivity index (χ0) is 25.6. The molecule has 2 aliphatic heterocycles. The fraction of sp³-hybridized carbons (Fsp3) is 0.731. The smallest absolute Gasteiger partial charge is 0.266 e. The van der Waals surface area contributed by atoms with Gasteiger partial charge >= 0.3 is 0 Å². The third kappa shape index (κ3) is 5.88. The Morgan fingerprint density at radius 1 is 1.06 bits per heavy atom. The first-order chi connectivity index (χ1) is 17.4. The van der Waals surface area contributed by atoms with Crippen LogP contribution >= 0.6 is 0 Å². The van der Waals surface area contributed by atoms with Crippen LogP contribution in [0.5, 0.6) is 0 Å². The van der Waals surface area contributed by atoms with E-state index in [1.807, 2.05) is 0 Å². The van der Waals surface area contributed by atoms with Crippen LogP contribution in [-0.2, 0) is 26.0 Å². The number of rotatable bonds is 10. The number of hydrogen-bond donors (Lipinski definition) is 2. The standard InChI is InChI=1S/C26H42N4O5S/c1-35-21-20-28-14-12-26(13-15-28,25(31)27-32)36(33,34)30-18-16-29(17-19-30)24-10-8-23(9-11-24)7-6-22-4-2-3-5-22/h8-11,22,32H,2-7,12-21H2,1H3,(H,27,31). The summed E-state index contributed by atoms with van der Waals surface area (Å²) >= 11 is 0. The van der Waals surface area contributed by atoms with Gasteiger partial charge in [0.25, 0.3) is 5.91 Å². The second-order valence-electron chi connectivity index (χ2n) is 10.5. The van der Waals surface area contributed by atoms with Crippen molar-refractivity contribution >= 4 is 21.6 Å². The van der Waals surface area contributed by atoms with E-state index in [0.717, 1.165) is 18.0 Å². The van der Waals surface area contributed by atoms with Crippen LogP contribution in [0.25, 0.3) is 0 Å². The molecule has 36 heavy (non-hydrogen) atoms. The zero-order valence-electron chi connectivity index (χ0n) is 21.5. The first-order valence-electron chi connectivity index (χ1n) is 13.4. The number of hydroxylamine groups is 1. The van der Waals surface area contributed by atoms with E-state index in [9.17, 15) is 18.4 Å². The van der Waals surface area contributed by atoms with E-state index in [-0.39, 0.29) is 12.8 Å². The van der Waals surface area contributed by atoms with E-state index in [1.54, 1.807) is 12.6 Å². The molecule has 0 unspecified atom stereocenters. The van der Waals surface area contributed by atoms with Gasteiger partial charge in [0.2, 0.25) is 10.0 Å². The molecule has 0 radical (unpaired) electrons. The highest BCUT2D eigenvalue weighted by molar-refractivity contribution is 7.91. The minimum Gasteiger partial charge on any atom is -0.383 e. The van der Waals surface area contributed by atoms with Gasteiger partial charge in [-0.1, -0.05) is 37.8 Å². The summed E-state index contributed by atoms with van der Waals surface area (Å²) in [5.74, 6) is 0.0537. The van der Waals surface area contributed by atoms with Gasteiger partial charge in [-0.2, -0.15) is 4.31 Å². The molecule has 202 valence electrons. The van der Waals surface area contributed by atoms with Gasteiger partial charge in [-0.3, -0.25) is 10.0 Å². The van der Waals surface area contributed by atoms with Crippen molar-refractivity contribution in [2.75, 3.05) is 64.4 Å². The molecule has 1 aliphatic carbocycles. The number of likely N-dealkylation sites (tertiary alicyclic amines) is 1. The number of ether oxygens (including phenoxy) is 1. The van der Waals surface area contributed by atoms with Crippen molar-refractivity contribution in [3.8, 4) is 0 Å². The maximum absolute atomic E-state index is 13.7. The van der Waals surface area contributed by atoms with E-state index < -0.39 is 20.7 Å². The number of nitrogens with zero attached hydrogens (tertiary/aromatic N) is 3. The number of benzene rings is 1. The summed E-state index contributed by atoms with van der Waals surface area (Å²) in [6.45, 7) is 3.93. The molecule has 1 saturated carbocycles. The fourth-order valence-corrected chi connectivity index (χ4v) is 8.16. The first kappa shape index (κ1) is 27.3. The van der Waals surface area contributed by atoms with Gasteiger partial charge in [-0.05, 0) is 49.3 Å². The number of hydrogen-bond acceptors (Lipinski definition) is 7. The molecule has 2 saturated heterocycles. The molecule has 2 N–H and O–H groups in total. The monoisotopic (exact) mass is 522 g/mol. The van der Waals surface area contributed by atoms with Crippen molar-refractivity contribution < 1.29 is 23.2 Å². The predicted octanol–water partition coefficient (Wildman–Crippen LogP) is 2.25. The van der Waals surface area contributed by atoms with Crippen LogP contribution in [0.1, 0.15) is 50.5 Å². The number of sulfonamides is 1. The van der Waals surface area contributed by atoms with Crippen LogP contribution in [0, 0.1) is 5.92 Å². The quantitative estimate of drug-likeness (QED) is 0.359. The average Bonchev–Trinajstić information content (AvgIpc) is 3.44. The van der Waals surface area contributed by atoms with E-state index in [4.69, 9.17) is 4.74 Å². The lowest BCUT2D eigenvalue weighted by Gasteiger charge is -2.44. The van der Waals surface area contributed by atoms with Crippen molar-refractivity contribution in [1.82, 2.24) is 14.7 Å².